The molecule has 2 unspecified atom stereocenters. The predicted molar refractivity (Wildman–Crippen MR) is 120 cm³/mol. The van der Waals surface area contributed by atoms with Crippen LogP contribution in [0, 0.1) is 5.92 Å². The van der Waals surface area contributed by atoms with Gasteiger partial charge in [-0.3, -0.25) is 4.79 Å². The van der Waals surface area contributed by atoms with Crippen molar-refractivity contribution in [2.45, 2.75) is 45.2 Å². The van der Waals surface area contributed by atoms with Crippen LogP contribution in [0.3, 0.4) is 0 Å². The van der Waals surface area contributed by atoms with Gasteiger partial charge >= 0.3 is 6.18 Å². The van der Waals surface area contributed by atoms with Crippen LogP contribution in [0.25, 0.3) is 0 Å². The van der Waals surface area contributed by atoms with E-state index < -0.39 is 11.7 Å². The minimum atomic E-state index is -4.35. The van der Waals surface area contributed by atoms with E-state index in [1.54, 1.807) is 0 Å². The van der Waals surface area contributed by atoms with Gasteiger partial charge in [-0.15, -0.1) is 0 Å². The molecule has 1 saturated heterocycles. The monoisotopic (exact) mass is 448 g/mol. The fourth-order valence-electron chi connectivity index (χ4n) is 4.26. The van der Waals surface area contributed by atoms with Crippen molar-refractivity contribution in [1.29, 1.82) is 0 Å². The summed E-state index contributed by atoms with van der Waals surface area (Å²) in [6, 6.07) is 12.8. The lowest BCUT2D eigenvalue weighted by Crippen LogP contribution is -2.42. The van der Waals surface area contributed by atoms with Gasteiger partial charge < -0.3 is 15.0 Å². The van der Waals surface area contributed by atoms with E-state index >= 15 is 0 Å². The molecule has 7 heteroatoms. The molecule has 2 aromatic rings. The Bertz CT molecular complexity index is 866. The Morgan fingerprint density at radius 1 is 1.12 bits per heavy atom. The second kappa shape index (κ2) is 10.9. The van der Waals surface area contributed by atoms with E-state index in [-0.39, 0.29) is 17.7 Å². The van der Waals surface area contributed by atoms with Crippen molar-refractivity contribution in [2.75, 3.05) is 31.6 Å². The van der Waals surface area contributed by atoms with Gasteiger partial charge in [0.2, 0.25) is 5.91 Å². The van der Waals surface area contributed by atoms with E-state index in [4.69, 9.17) is 4.74 Å². The van der Waals surface area contributed by atoms with Crippen LogP contribution >= 0.6 is 0 Å². The van der Waals surface area contributed by atoms with Gasteiger partial charge in [-0.05, 0) is 73.8 Å². The summed E-state index contributed by atoms with van der Waals surface area (Å²) in [6.45, 7) is 7.03. The zero-order chi connectivity index (χ0) is 23.1. The molecule has 0 bridgehead atoms. The number of amides is 1. The molecular weight excluding hydrogens is 417 g/mol. The third kappa shape index (κ3) is 6.73. The molecule has 2 aromatic carbocycles. The molecule has 174 valence electrons. The summed E-state index contributed by atoms with van der Waals surface area (Å²) in [6.07, 6.45) is -1.08. The largest absolute Gasteiger partial charge is 0.493 e. The van der Waals surface area contributed by atoms with Crippen molar-refractivity contribution in [3.05, 3.63) is 59.7 Å². The summed E-state index contributed by atoms with van der Waals surface area (Å²) in [5.41, 5.74) is 1.28. The average molecular weight is 449 g/mol. The summed E-state index contributed by atoms with van der Waals surface area (Å²) in [4.78, 5) is 13.7. The van der Waals surface area contributed by atoms with Gasteiger partial charge in [0.25, 0.3) is 0 Å². The maximum Gasteiger partial charge on any atom is 0.416 e. The van der Waals surface area contributed by atoms with Crippen molar-refractivity contribution in [3.8, 4) is 5.75 Å². The Kier molecular flexibility index (Phi) is 8.18. The Hall–Kier alpha value is -2.54. The van der Waals surface area contributed by atoms with Crippen LogP contribution in [0.2, 0.25) is 0 Å². The second-order valence-corrected chi connectivity index (χ2v) is 8.45. The van der Waals surface area contributed by atoms with Gasteiger partial charge in [-0.1, -0.05) is 25.5 Å². The minimum Gasteiger partial charge on any atom is -0.493 e. The topological polar surface area (TPSA) is 41.6 Å². The summed E-state index contributed by atoms with van der Waals surface area (Å²) < 4.78 is 44.4. The first-order chi connectivity index (χ1) is 15.3. The molecule has 0 radical (unpaired) electrons. The Balaban J connectivity index is 1.70. The zero-order valence-corrected chi connectivity index (χ0v) is 18.6. The minimum absolute atomic E-state index is 0.107. The fourth-order valence-corrected chi connectivity index (χ4v) is 4.26. The number of rotatable bonds is 8. The maximum atomic E-state index is 12.8. The summed E-state index contributed by atoms with van der Waals surface area (Å²) in [5.74, 6) is 0.844. The Morgan fingerprint density at radius 3 is 2.41 bits per heavy atom. The first-order valence-corrected chi connectivity index (χ1v) is 11.2. The number of nitrogens with one attached hydrogen (secondary N) is 1. The number of benzene rings is 2. The van der Waals surface area contributed by atoms with Crippen LogP contribution in [0.5, 0.6) is 5.75 Å². The number of alkyl halides is 3. The van der Waals surface area contributed by atoms with E-state index in [2.05, 4.69) is 17.1 Å². The molecule has 1 amide bonds. The molecular formula is C25H31F3N2O2. The van der Waals surface area contributed by atoms with E-state index in [9.17, 15) is 18.0 Å². The number of anilines is 1. The lowest BCUT2D eigenvalue weighted by atomic mass is 9.80. The highest BCUT2D eigenvalue weighted by atomic mass is 19.4. The molecule has 3 rings (SSSR count). The van der Waals surface area contributed by atoms with Crippen LogP contribution in [-0.4, -0.2) is 37.0 Å². The Labute approximate surface area is 187 Å². The third-order valence-corrected chi connectivity index (χ3v) is 5.95. The van der Waals surface area contributed by atoms with Gasteiger partial charge in [-0.25, -0.2) is 0 Å². The molecule has 1 aliphatic heterocycles. The number of likely N-dealkylation sites (tertiary alicyclic amines) is 1. The van der Waals surface area contributed by atoms with Crippen LogP contribution in [-0.2, 0) is 11.0 Å². The van der Waals surface area contributed by atoms with E-state index in [0.29, 0.717) is 12.4 Å². The van der Waals surface area contributed by atoms with Crippen molar-refractivity contribution < 1.29 is 22.7 Å². The fraction of sp³-hybridized carbons (Fsp3) is 0.480. The van der Waals surface area contributed by atoms with Crippen LogP contribution in [0.1, 0.15) is 50.2 Å². The number of ether oxygens (including phenoxy) is 1. The number of piperidine rings is 1. The lowest BCUT2D eigenvalue weighted by Gasteiger charge is -2.39. The van der Waals surface area contributed by atoms with Gasteiger partial charge in [0.05, 0.1) is 12.2 Å². The van der Waals surface area contributed by atoms with E-state index in [1.165, 1.54) is 24.6 Å². The predicted octanol–water partition coefficient (Wildman–Crippen LogP) is 5.95. The van der Waals surface area contributed by atoms with Gasteiger partial charge in [0, 0.05) is 25.1 Å². The first-order valence-electron chi connectivity index (χ1n) is 11.2. The molecule has 32 heavy (non-hydrogen) atoms. The molecule has 0 aliphatic carbocycles. The number of halogens is 3. The number of carbonyl (C=O) groups excluding carboxylic acids is 1. The molecule has 1 aliphatic rings. The van der Waals surface area contributed by atoms with Crippen LogP contribution in [0.15, 0.2) is 48.5 Å². The summed E-state index contributed by atoms with van der Waals surface area (Å²) >= 11 is 0. The maximum absolute atomic E-state index is 12.8. The molecule has 0 spiro atoms. The summed E-state index contributed by atoms with van der Waals surface area (Å²) in [5, 5.41) is 2.79. The second-order valence-electron chi connectivity index (χ2n) is 8.45. The number of hydrogen-bond donors (Lipinski definition) is 1. The van der Waals surface area contributed by atoms with E-state index in [0.717, 1.165) is 56.7 Å². The highest BCUT2D eigenvalue weighted by Gasteiger charge is 2.32. The third-order valence-electron chi connectivity index (χ3n) is 5.95. The lowest BCUT2D eigenvalue weighted by molar-refractivity contribution is -0.137. The van der Waals surface area contributed by atoms with Crippen molar-refractivity contribution in [2.24, 2.45) is 5.92 Å². The normalized spacial score (nSPS) is 19.5. The van der Waals surface area contributed by atoms with Crippen molar-refractivity contribution in [3.63, 3.8) is 0 Å². The summed E-state index contributed by atoms with van der Waals surface area (Å²) in [7, 11) is 0. The molecule has 1 N–H and O–H groups in total. The van der Waals surface area contributed by atoms with Crippen LogP contribution in [0.4, 0.5) is 18.9 Å². The SMILES string of the molecule is CCCCN1CCC(c2ccc(NC(C)=O)cc2)C(COc2ccc(C(F)(F)F)cc2)C1. The molecule has 2 atom stereocenters. The van der Waals surface area contributed by atoms with Gasteiger partial charge in [-0.2, -0.15) is 13.2 Å². The number of hydrogen-bond acceptors (Lipinski definition) is 3. The van der Waals surface area contributed by atoms with Gasteiger partial charge in [0.1, 0.15) is 5.75 Å². The van der Waals surface area contributed by atoms with Crippen LogP contribution < -0.4 is 10.1 Å². The quantitative estimate of drug-likeness (QED) is 0.543. The van der Waals surface area contributed by atoms with Crippen molar-refractivity contribution in [1.82, 2.24) is 4.90 Å². The molecule has 4 nitrogen and oxygen atoms in total. The van der Waals surface area contributed by atoms with E-state index in [1.807, 2.05) is 24.3 Å². The molecule has 1 heterocycles. The zero-order valence-electron chi connectivity index (χ0n) is 18.6. The highest BCUT2D eigenvalue weighted by Crippen LogP contribution is 2.35. The molecule has 0 saturated carbocycles. The Morgan fingerprint density at radius 2 is 1.81 bits per heavy atom. The number of nitrogens with zero attached hydrogens (tertiary/aromatic N) is 1. The number of carbonyl (C=O) groups is 1. The molecule has 1 fully saturated rings. The first kappa shape index (κ1) is 24.1. The average Bonchev–Trinajstić information content (AvgIpc) is 2.76. The highest BCUT2D eigenvalue weighted by molar-refractivity contribution is 5.88. The smallest absolute Gasteiger partial charge is 0.416 e. The standard InChI is InChI=1S/C25H31F3N2O2/c1-3-4-14-30-15-13-24(19-5-9-22(10-6-19)29-18(2)31)20(16-30)17-32-23-11-7-21(8-12-23)25(26,27)28/h5-12,20,24H,3-4,13-17H2,1-2H3,(H,29,31). The molecule has 0 aromatic heterocycles. The van der Waals surface area contributed by atoms with Crippen molar-refractivity contribution >= 4 is 11.6 Å². The van der Waals surface area contributed by atoms with Gasteiger partial charge in [0.15, 0.2) is 0 Å². The number of unbranched alkanes of at least 4 members (excludes halogenated alkanes) is 1.